The second-order valence-electron chi connectivity index (χ2n) is 14.6. The first-order valence-electron chi connectivity index (χ1n) is 19.5. The summed E-state index contributed by atoms with van der Waals surface area (Å²) in [4.78, 5) is 59.8. The molecule has 0 aliphatic carbocycles. The molecule has 3 heterocycles. The van der Waals surface area contributed by atoms with Gasteiger partial charge in [0.05, 0.1) is 11.7 Å². The van der Waals surface area contributed by atoms with E-state index in [-0.39, 0.29) is 31.3 Å². The summed E-state index contributed by atoms with van der Waals surface area (Å²) in [5.41, 5.74) is 8.03. The van der Waals surface area contributed by atoms with Crippen molar-refractivity contribution < 1.29 is 28.7 Å². The fourth-order valence-electron chi connectivity index (χ4n) is 7.92. The van der Waals surface area contributed by atoms with Gasteiger partial charge in [-0.1, -0.05) is 109 Å². The van der Waals surface area contributed by atoms with Crippen molar-refractivity contribution in [2.24, 2.45) is 0 Å². The number of nitrogens with one attached hydrogen (secondary N) is 2. The smallest absolute Gasteiger partial charge is 0.410 e. The molecule has 0 bridgehead atoms. The van der Waals surface area contributed by atoms with E-state index in [0.717, 1.165) is 62.8 Å². The highest BCUT2D eigenvalue weighted by atomic mass is 16.6. The maximum Gasteiger partial charge on any atom is 0.410 e. The highest BCUT2D eigenvalue weighted by Crippen LogP contribution is 2.39. The number of carbonyl (C=O) groups is 4. The number of aromatic amines is 1. The number of ketones is 1. The number of H-pyrrole nitrogens is 1. The molecule has 2 aliphatic heterocycles. The van der Waals surface area contributed by atoms with Crippen molar-refractivity contribution in [1.82, 2.24) is 14.8 Å². The second kappa shape index (κ2) is 17.0. The first-order valence-corrected chi connectivity index (χ1v) is 19.5. The largest absolute Gasteiger partial charge is 0.445 e. The van der Waals surface area contributed by atoms with Gasteiger partial charge in [0.25, 0.3) is 0 Å². The Morgan fingerprint density at radius 1 is 0.614 bits per heavy atom. The predicted molar refractivity (Wildman–Crippen MR) is 219 cm³/mol. The van der Waals surface area contributed by atoms with E-state index >= 15 is 0 Å². The Labute approximate surface area is 331 Å². The zero-order valence-electron chi connectivity index (χ0n) is 31.6. The van der Waals surface area contributed by atoms with Gasteiger partial charge in [-0.2, -0.15) is 0 Å². The third-order valence-corrected chi connectivity index (χ3v) is 10.8. The molecule has 3 amide bonds. The molecular formula is C47H44N4O6. The van der Waals surface area contributed by atoms with E-state index < -0.39 is 24.3 Å². The maximum absolute atomic E-state index is 13.7. The van der Waals surface area contributed by atoms with Crippen LogP contribution in [0.1, 0.15) is 42.4 Å². The molecule has 57 heavy (non-hydrogen) atoms. The van der Waals surface area contributed by atoms with Crippen LogP contribution in [0, 0.1) is 0 Å². The lowest BCUT2D eigenvalue weighted by molar-refractivity contribution is -0.122. The zero-order valence-corrected chi connectivity index (χ0v) is 31.6. The normalized spacial score (nSPS) is 16.4. The molecule has 2 saturated heterocycles. The van der Waals surface area contributed by atoms with Crippen LogP contribution >= 0.6 is 0 Å². The zero-order chi connectivity index (χ0) is 39.1. The minimum atomic E-state index is -0.613. The van der Waals surface area contributed by atoms with Crippen LogP contribution in [0.25, 0.3) is 33.3 Å². The van der Waals surface area contributed by atoms with Crippen LogP contribution in [0.3, 0.4) is 0 Å². The highest BCUT2D eigenvalue weighted by Gasteiger charge is 2.36. The van der Waals surface area contributed by atoms with Crippen LogP contribution in [0.2, 0.25) is 0 Å². The summed E-state index contributed by atoms with van der Waals surface area (Å²) in [5.74, 6) is -0.262. The number of amides is 3. The lowest BCUT2D eigenvalue weighted by Crippen LogP contribution is -2.43. The van der Waals surface area contributed by atoms with Gasteiger partial charge in [-0.3, -0.25) is 19.4 Å². The number of benzene rings is 5. The van der Waals surface area contributed by atoms with Gasteiger partial charge >= 0.3 is 12.2 Å². The van der Waals surface area contributed by atoms with E-state index in [2.05, 4.69) is 28.5 Å². The Bertz CT molecular complexity index is 2360. The number of nitrogens with zero attached hydrogens (tertiary/aromatic N) is 2. The third-order valence-electron chi connectivity index (χ3n) is 10.8. The number of fused-ring (bicyclic) bond motifs is 1. The fourth-order valence-corrected chi connectivity index (χ4v) is 7.92. The van der Waals surface area contributed by atoms with Gasteiger partial charge in [0.15, 0.2) is 5.78 Å². The SMILES string of the molecule is O=C(Cc1ccc2[nH]c(-c3ccc(NC(=O)[C@@H]4CCCN4C(=O)OCc4ccccc4)cc3)c(-c3ccccc3)c2c1)[C@@H]1CCCN1C(=O)OCc1ccccc1. The molecule has 8 rings (SSSR count). The average Bonchev–Trinajstić information content (AvgIpc) is 4.03. The Balaban J connectivity index is 0.968. The minimum absolute atomic E-state index is 0.0111. The maximum atomic E-state index is 13.7. The molecule has 10 nitrogen and oxygen atoms in total. The highest BCUT2D eigenvalue weighted by molar-refractivity contribution is 6.05. The molecule has 0 unspecified atom stereocenters. The van der Waals surface area contributed by atoms with Crippen molar-refractivity contribution >= 4 is 40.5 Å². The van der Waals surface area contributed by atoms with Crippen LogP contribution in [0.5, 0.6) is 0 Å². The molecule has 288 valence electrons. The third kappa shape index (κ3) is 8.45. The summed E-state index contributed by atoms with van der Waals surface area (Å²) >= 11 is 0. The van der Waals surface area contributed by atoms with E-state index in [1.165, 1.54) is 4.90 Å². The molecule has 2 fully saturated rings. The molecule has 6 aromatic rings. The molecular weight excluding hydrogens is 717 g/mol. The standard InChI is InChI=1S/C47H44N4O6/c52-42(40-18-10-26-50(40)46(54)56-30-32-12-4-1-5-13-32)29-34-20-25-39-38(28-34)43(35-16-8-3-9-17-35)44(49-39)36-21-23-37(24-22-36)48-45(53)41-19-11-27-51(41)47(55)57-31-33-14-6-2-7-15-33/h1-9,12-17,20-25,28,40-41,49H,10-11,18-19,26-27,29-31H2,(H,48,53)/t40-,41-/m0/s1. The van der Waals surface area contributed by atoms with Gasteiger partial charge in [0.1, 0.15) is 19.3 Å². The molecule has 2 N–H and O–H groups in total. The van der Waals surface area contributed by atoms with Crippen molar-refractivity contribution in [3.05, 3.63) is 150 Å². The Morgan fingerprint density at radius 3 is 1.79 bits per heavy atom. The number of hydrogen-bond donors (Lipinski definition) is 2. The van der Waals surface area contributed by atoms with Gasteiger partial charge in [-0.15, -0.1) is 0 Å². The lowest BCUT2D eigenvalue weighted by atomic mass is 9.96. The van der Waals surface area contributed by atoms with Crippen molar-refractivity contribution in [2.75, 3.05) is 18.4 Å². The van der Waals surface area contributed by atoms with Crippen molar-refractivity contribution in [1.29, 1.82) is 0 Å². The monoisotopic (exact) mass is 760 g/mol. The van der Waals surface area contributed by atoms with Crippen LogP contribution in [-0.2, 0) is 38.7 Å². The van der Waals surface area contributed by atoms with Crippen LogP contribution in [0.15, 0.2) is 133 Å². The van der Waals surface area contributed by atoms with E-state index in [0.29, 0.717) is 31.6 Å². The van der Waals surface area contributed by atoms with E-state index in [1.54, 1.807) is 4.90 Å². The number of hydrogen-bond acceptors (Lipinski definition) is 6. The molecule has 10 heteroatoms. The lowest BCUT2D eigenvalue weighted by Gasteiger charge is -2.23. The molecule has 0 saturated carbocycles. The number of anilines is 1. The summed E-state index contributed by atoms with van der Waals surface area (Å²) in [5, 5.41) is 3.98. The van der Waals surface area contributed by atoms with Gasteiger partial charge in [-0.25, -0.2) is 9.59 Å². The molecule has 2 atom stereocenters. The van der Waals surface area contributed by atoms with Crippen molar-refractivity contribution in [2.45, 2.75) is 57.4 Å². The molecule has 5 aromatic carbocycles. The van der Waals surface area contributed by atoms with Crippen LogP contribution in [-0.4, -0.2) is 63.8 Å². The Hall–Kier alpha value is -6.68. The van der Waals surface area contributed by atoms with Crippen molar-refractivity contribution in [3.63, 3.8) is 0 Å². The van der Waals surface area contributed by atoms with Crippen LogP contribution < -0.4 is 5.32 Å². The van der Waals surface area contributed by atoms with E-state index in [9.17, 15) is 19.2 Å². The van der Waals surface area contributed by atoms with E-state index in [4.69, 9.17) is 9.47 Å². The molecule has 0 radical (unpaired) electrons. The summed E-state index contributed by atoms with van der Waals surface area (Å²) in [6, 6.07) is 41.6. The molecule has 0 spiro atoms. The summed E-state index contributed by atoms with van der Waals surface area (Å²) in [6.07, 6.45) is 1.88. The number of likely N-dealkylation sites (tertiary alicyclic amines) is 2. The van der Waals surface area contributed by atoms with Gasteiger partial charge < -0.3 is 19.8 Å². The number of Topliss-reactive ketones (excluding diaryl/α,β-unsaturated/α-hetero) is 1. The minimum Gasteiger partial charge on any atom is -0.445 e. The second-order valence-corrected chi connectivity index (χ2v) is 14.6. The number of carbonyl (C=O) groups excluding carboxylic acids is 4. The van der Waals surface area contributed by atoms with Gasteiger partial charge in [0.2, 0.25) is 5.91 Å². The fraction of sp³-hybridized carbons (Fsp3) is 0.234. The van der Waals surface area contributed by atoms with Gasteiger partial charge in [0, 0.05) is 41.7 Å². The summed E-state index contributed by atoms with van der Waals surface area (Å²) in [6.45, 7) is 1.27. The summed E-state index contributed by atoms with van der Waals surface area (Å²) < 4.78 is 11.1. The number of ether oxygens (including phenoxy) is 2. The Morgan fingerprint density at radius 2 is 1.18 bits per heavy atom. The van der Waals surface area contributed by atoms with Gasteiger partial charge in [-0.05, 0) is 77.8 Å². The topological polar surface area (TPSA) is 121 Å². The number of aromatic nitrogens is 1. The quantitative estimate of drug-likeness (QED) is 0.136. The molecule has 2 aliphatic rings. The van der Waals surface area contributed by atoms with Crippen LogP contribution in [0.4, 0.5) is 15.3 Å². The van der Waals surface area contributed by atoms with E-state index in [1.807, 2.05) is 115 Å². The first kappa shape index (κ1) is 37.3. The predicted octanol–water partition coefficient (Wildman–Crippen LogP) is 9.15. The average molecular weight is 761 g/mol. The molecule has 1 aromatic heterocycles. The first-order chi connectivity index (χ1) is 27.9. The summed E-state index contributed by atoms with van der Waals surface area (Å²) in [7, 11) is 0. The number of rotatable bonds is 11. The Kier molecular flexibility index (Phi) is 11.1. The van der Waals surface area contributed by atoms with Crippen molar-refractivity contribution in [3.8, 4) is 22.4 Å².